The molecule has 0 saturated heterocycles. The molecular weight excluding hydrogens is 311 g/mol. The van der Waals surface area contributed by atoms with Gasteiger partial charge in [-0.25, -0.2) is 0 Å². The van der Waals surface area contributed by atoms with E-state index >= 15 is 0 Å². The molecule has 0 fully saturated rings. The van der Waals surface area contributed by atoms with Gasteiger partial charge in [0.2, 0.25) is 0 Å². The van der Waals surface area contributed by atoms with Gasteiger partial charge in [-0.05, 0) is 74.3 Å². The number of hydrogen-bond acceptors (Lipinski definition) is 2. The van der Waals surface area contributed by atoms with Gasteiger partial charge in [0.05, 0.1) is 0 Å². The first-order chi connectivity index (χ1) is 7.58. The summed E-state index contributed by atoms with van der Waals surface area (Å²) in [5.41, 5.74) is 1.36. The minimum atomic E-state index is 0.571. The zero-order valence-electron chi connectivity index (χ0n) is 10.3. The van der Waals surface area contributed by atoms with Gasteiger partial charge in [-0.3, -0.25) is 0 Å². The molecule has 2 nitrogen and oxygen atoms in total. The second-order valence-corrected chi connectivity index (χ2v) is 5.75. The van der Waals surface area contributed by atoms with Gasteiger partial charge in [0.1, 0.15) is 0 Å². The van der Waals surface area contributed by atoms with Gasteiger partial charge in [0.15, 0.2) is 0 Å². The van der Waals surface area contributed by atoms with Crippen molar-refractivity contribution in [3.63, 3.8) is 0 Å². The van der Waals surface area contributed by atoms with Gasteiger partial charge in [-0.1, -0.05) is 12.1 Å². The Morgan fingerprint density at radius 3 is 2.44 bits per heavy atom. The SMILES string of the molecule is CC(CCN(C)C)NCc1ccc(I)cc1. The first-order valence-corrected chi connectivity index (χ1v) is 6.78. The number of rotatable bonds is 6. The van der Waals surface area contributed by atoms with Gasteiger partial charge < -0.3 is 10.2 Å². The van der Waals surface area contributed by atoms with E-state index in [0.29, 0.717) is 6.04 Å². The normalized spacial score (nSPS) is 13.1. The third-order valence-corrected chi connectivity index (χ3v) is 3.30. The highest BCUT2D eigenvalue weighted by Gasteiger charge is 2.02. The predicted octanol–water partition coefficient (Wildman–Crippen LogP) is 2.72. The van der Waals surface area contributed by atoms with Crippen molar-refractivity contribution in [2.24, 2.45) is 0 Å². The minimum Gasteiger partial charge on any atom is -0.310 e. The molecule has 0 saturated carbocycles. The Kier molecular flexibility index (Phi) is 6.31. The quantitative estimate of drug-likeness (QED) is 0.806. The van der Waals surface area contributed by atoms with Gasteiger partial charge in [-0.2, -0.15) is 0 Å². The average Bonchev–Trinajstić information content (AvgIpc) is 2.25. The molecule has 16 heavy (non-hydrogen) atoms. The van der Waals surface area contributed by atoms with E-state index in [1.165, 1.54) is 15.6 Å². The Morgan fingerprint density at radius 2 is 1.88 bits per heavy atom. The molecule has 0 heterocycles. The summed E-state index contributed by atoms with van der Waals surface area (Å²) >= 11 is 2.33. The summed E-state index contributed by atoms with van der Waals surface area (Å²) in [6.45, 7) is 4.35. The van der Waals surface area contributed by atoms with Gasteiger partial charge in [-0.15, -0.1) is 0 Å². The molecule has 1 aromatic carbocycles. The summed E-state index contributed by atoms with van der Waals surface area (Å²) in [6, 6.07) is 9.26. The van der Waals surface area contributed by atoms with Gasteiger partial charge >= 0.3 is 0 Å². The maximum atomic E-state index is 3.54. The molecule has 1 unspecified atom stereocenters. The standard InChI is InChI=1S/C13H21IN2/c1-11(8-9-16(2)3)15-10-12-4-6-13(14)7-5-12/h4-7,11,15H,8-10H2,1-3H3. The second-order valence-electron chi connectivity index (χ2n) is 4.50. The lowest BCUT2D eigenvalue weighted by atomic mass is 10.2. The van der Waals surface area contributed by atoms with Crippen LogP contribution in [-0.2, 0) is 6.54 Å². The van der Waals surface area contributed by atoms with Crippen LogP contribution in [0.15, 0.2) is 24.3 Å². The molecule has 0 aliphatic carbocycles. The second kappa shape index (κ2) is 7.25. The highest BCUT2D eigenvalue weighted by Crippen LogP contribution is 2.06. The molecular formula is C13H21IN2. The summed E-state index contributed by atoms with van der Waals surface area (Å²) < 4.78 is 1.29. The summed E-state index contributed by atoms with van der Waals surface area (Å²) in [7, 11) is 4.23. The lowest BCUT2D eigenvalue weighted by Crippen LogP contribution is -2.29. The van der Waals surface area contributed by atoms with Crippen LogP contribution >= 0.6 is 22.6 Å². The number of hydrogen-bond donors (Lipinski definition) is 1. The zero-order chi connectivity index (χ0) is 12.0. The van der Waals surface area contributed by atoms with E-state index in [-0.39, 0.29) is 0 Å². The van der Waals surface area contributed by atoms with Crippen LogP contribution in [0.25, 0.3) is 0 Å². The Bertz CT molecular complexity index is 295. The molecule has 0 aliphatic heterocycles. The molecule has 1 rings (SSSR count). The Balaban J connectivity index is 2.26. The van der Waals surface area contributed by atoms with Crippen molar-refractivity contribution in [3.05, 3.63) is 33.4 Å². The summed E-state index contributed by atoms with van der Waals surface area (Å²) in [4.78, 5) is 2.23. The fraction of sp³-hybridized carbons (Fsp3) is 0.538. The summed E-state index contributed by atoms with van der Waals surface area (Å²) in [5, 5.41) is 3.54. The van der Waals surface area contributed by atoms with E-state index in [9.17, 15) is 0 Å². The Morgan fingerprint density at radius 1 is 1.25 bits per heavy atom. The fourth-order valence-corrected chi connectivity index (χ4v) is 1.81. The zero-order valence-corrected chi connectivity index (χ0v) is 12.5. The van der Waals surface area contributed by atoms with Gasteiger partial charge in [0.25, 0.3) is 0 Å². The van der Waals surface area contributed by atoms with Crippen LogP contribution < -0.4 is 5.32 Å². The van der Waals surface area contributed by atoms with E-state index in [1.54, 1.807) is 0 Å². The predicted molar refractivity (Wildman–Crippen MR) is 78.6 cm³/mol. The van der Waals surface area contributed by atoms with E-state index in [2.05, 4.69) is 78.1 Å². The molecule has 1 aromatic rings. The maximum Gasteiger partial charge on any atom is 0.0207 e. The highest BCUT2D eigenvalue weighted by molar-refractivity contribution is 14.1. The molecule has 0 aliphatic rings. The number of halogens is 1. The molecule has 3 heteroatoms. The van der Waals surface area contributed by atoms with Crippen molar-refractivity contribution in [2.75, 3.05) is 20.6 Å². The Hall–Kier alpha value is -0.130. The minimum absolute atomic E-state index is 0.571. The van der Waals surface area contributed by atoms with Crippen LogP contribution in [-0.4, -0.2) is 31.6 Å². The van der Waals surface area contributed by atoms with E-state index in [4.69, 9.17) is 0 Å². The number of nitrogens with zero attached hydrogens (tertiary/aromatic N) is 1. The van der Waals surface area contributed by atoms with Crippen LogP contribution in [0.2, 0.25) is 0 Å². The van der Waals surface area contributed by atoms with Crippen molar-refractivity contribution >= 4 is 22.6 Å². The average molecular weight is 332 g/mol. The molecule has 1 atom stereocenters. The topological polar surface area (TPSA) is 15.3 Å². The van der Waals surface area contributed by atoms with Crippen LogP contribution in [0, 0.1) is 3.57 Å². The van der Waals surface area contributed by atoms with Crippen LogP contribution in [0.4, 0.5) is 0 Å². The van der Waals surface area contributed by atoms with Crippen LogP contribution in [0.5, 0.6) is 0 Å². The lowest BCUT2D eigenvalue weighted by molar-refractivity contribution is 0.365. The third-order valence-electron chi connectivity index (χ3n) is 2.58. The van der Waals surface area contributed by atoms with Gasteiger partial charge in [0, 0.05) is 16.2 Å². The largest absolute Gasteiger partial charge is 0.310 e. The monoisotopic (exact) mass is 332 g/mol. The van der Waals surface area contributed by atoms with Crippen LogP contribution in [0.1, 0.15) is 18.9 Å². The first-order valence-electron chi connectivity index (χ1n) is 5.70. The molecule has 0 aromatic heterocycles. The highest BCUT2D eigenvalue weighted by atomic mass is 127. The third kappa shape index (κ3) is 5.82. The molecule has 90 valence electrons. The lowest BCUT2D eigenvalue weighted by Gasteiger charge is -2.16. The maximum absolute atomic E-state index is 3.54. The van der Waals surface area contributed by atoms with E-state index in [1.807, 2.05) is 0 Å². The van der Waals surface area contributed by atoms with Crippen molar-refractivity contribution in [3.8, 4) is 0 Å². The molecule has 0 amide bonds. The molecule has 0 radical (unpaired) electrons. The number of nitrogens with one attached hydrogen (secondary N) is 1. The smallest absolute Gasteiger partial charge is 0.0207 e. The van der Waals surface area contributed by atoms with E-state index < -0.39 is 0 Å². The first kappa shape index (κ1) is 13.9. The van der Waals surface area contributed by atoms with Crippen molar-refractivity contribution < 1.29 is 0 Å². The van der Waals surface area contributed by atoms with Crippen molar-refractivity contribution in [2.45, 2.75) is 25.9 Å². The fourth-order valence-electron chi connectivity index (χ4n) is 1.45. The van der Waals surface area contributed by atoms with Crippen molar-refractivity contribution in [1.29, 1.82) is 0 Å². The summed E-state index contributed by atoms with van der Waals surface area (Å²) in [6.07, 6.45) is 1.19. The molecule has 0 spiro atoms. The Labute approximate surface area is 113 Å². The molecule has 0 bridgehead atoms. The van der Waals surface area contributed by atoms with E-state index in [0.717, 1.165) is 13.1 Å². The molecule has 1 N–H and O–H groups in total. The summed E-state index contributed by atoms with van der Waals surface area (Å²) in [5.74, 6) is 0. The van der Waals surface area contributed by atoms with Crippen molar-refractivity contribution in [1.82, 2.24) is 10.2 Å². The number of benzene rings is 1. The van der Waals surface area contributed by atoms with Crippen LogP contribution in [0.3, 0.4) is 0 Å².